The lowest BCUT2D eigenvalue weighted by Crippen LogP contribution is -2.35. The molecule has 0 radical (unpaired) electrons. The molecule has 1 aromatic heterocycles. The van der Waals surface area contributed by atoms with Crippen molar-refractivity contribution in [3.63, 3.8) is 0 Å². The third kappa shape index (κ3) is 2.78. The molecular formula is C12H6F6N2OS. The minimum absolute atomic E-state index is 0.181. The lowest BCUT2D eigenvalue weighted by molar-refractivity contribution is -0.290. The number of anilines is 1. The van der Waals surface area contributed by atoms with Gasteiger partial charge in [0.05, 0.1) is 0 Å². The van der Waals surface area contributed by atoms with E-state index >= 15 is 0 Å². The number of nitrogen functional groups attached to an aromatic ring is 1. The zero-order valence-corrected chi connectivity index (χ0v) is 11.2. The summed E-state index contributed by atoms with van der Waals surface area (Å²) in [5.41, 5.74) is 2.98. The maximum atomic E-state index is 13.4. The van der Waals surface area contributed by atoms with E-state index in [2.05, 4.69) is 4.98 Å². The number of aromatic nitrogens is 1. The average Bonchev–Trinajstić information content (AvgIpc) is 2.79. The molecule has 2 rings (SSSR count). The van der Waals surface area contributed by atoms with Crippen molar-refractivity contribution in [1.29, 1.82) is 0 Å². The second-order valence-corrected chi connectivity index (χ2v) is 5.17. The van der Waals surface area contributed by atoms with E-state index in [9.17, 15) is 31.1 Å². The molecule has 0 unspecified atom stereocenters. The minimum atomic E-state index is -5.94. The molecule has 0 aliphatic rings. The van der Waals surface area contributed by atoms with Gasteiger partial charge in [0, 0.05) is 5.56 Å². The molecule has 22 heavy (non-hydrogen) atoms. The van der Waals surface area contributed by atoms with Crippen molar-refractivity contribution in [2.45, 2.75) is 12.1 Å². The Balaban J connectivity index is 2.56. The summed E-state index contributed by atoms with van der Waals surface area (Å²) in [5.74, 6) is -7.40. The van der Waals surface area contributed by atoms with Gasteiger partial charge in [-0.25, -0.2) is 9.37 Å². The first-order valence-corrected chi connectivity index (χ1v) is 6.37. The number of thiazole rings is 1. The van der Waals surface area contributed by atoms with Crippen LogP contribution in [0.4, 0.5) is 31.5 Å². The van der Waals surface area contributed by atoms with Crippen molar-refractivity contribution in [3.8, 4) is 0 Å². The second kappa shape index (κ2) is 5.27. The highest BCUT2D eigenvalue weighted by atomic mass is 32.1. The number of carbonyl (C=O) groups excluding carboxylic acids is 1. The number of alkyl halides is 5. The summed E-state index contributed by atoms with van der Waals surface area (Å²) >= 11 is 0.181. The van der Waals surface area contributed by atoms with Gasteiger partial charge in [-0.2, -0.15) is 22.0 Å². The van der Waals surface area contributed by atoms with Crippen LogP contribution in [0.2, 0.25) is 0 Å². The van der Waals surface area contributed by atoms with E-state index in [-0.39, 0.29) is 16.9 Å². The molecule has 0 fully saturated rings. The Kier molecular flexibility index (Phi) is 3.90. The number of rotatable bonds is 3. The number of carbonyl (C=O) groups is 1. The topological polar surface area (TPSA) is 56.0 Å². The molecule has 2 aromatic rings. The van der Waals surface area contributed by atoms with Crippen LogP contribution in [-0.2, 0) is 5.92 Å². The summed E-state index contributed by atoms with van der Waals surface area (Å²) in [6.07, 6.45) is -5.94. The number of hydrogen-bond donors (Lipinski definition) is 1. The number of halogens is 6. The Morgan fingerprint density at radius 2 is 1.82 bits per heavy atom. The first-order valence-electron chi connectivity index (χ1n) is 5.55. The molecule has 0 amide bonds. The smallest absolute Gasteiger partial charge is 0.375 e. The standard InChI is InChI=1S/C12H6F6N2OS/c13-6-3-1-2-5(4-6)7(21)8-9(20-10(19)22-8)11(14,15)12(16,17)18/h1-4H,(H2,19,20). The van der Waals surface area contributed by atoms with Gasteiger partial charge >= 0.3 is 12.1 Å². The van der Waals surface area contributed by atoms with E-state index in [1.807, 2.05) is 0 Å². The van der Waals surface area contributed by atoms with Gasteiger partial charge in [-0.05, 0) is 12.1 Å². The van der Waals surface area contributed by atoms with Crippen LogP contribution in [0.25, 0.3) is 0 Å². The van der Waals surface area contributed by atoms with Gasteiger partial charge in [0.2, 0.25) is 5.78 Å². The molecule has 1 heterocycles. The molecule has 0 aliphatic heterocycles. The van der Waals surface area contributed by atoms with Crippen molar-refractivity contribution < 1.29 is 31.1 Å². The molecule has 0 spiro atoms. The Bertz CT molecular complexity index is 725. The maximum Gasteiger partial charge on any atom is 0.459 e. The van der Waals surface area contributed by atoms with E-state index in [4.69, 9.17) is 5.73 Å². The first kappa shape index (κ1) is 16.3. The van der Waals surface area contributed by atoms with Crippen LogP contribution in [0.15, 0.2) is 24.3 Å². The zero-order valence-electron chi connectivity index (χ0n) is 10.4. The monoisotopic (exact) mass is 340 g/mol. The SMILES string of the molecule is Nc1nc(C(F)(F)C(F)(F)F)c(C(=O)c2cccc(F)c2)s1. The molecule has 3 nitrogen and oxygen atoms in total. The van der Waals surface area contributed by atoms with E-state index in [0.717, 1.165) is 18.2 Å². The van der Waals surface area contributed by atoms with Crippen LogP contribution < -0.4 is 5.73 Å². The summed E-state index contributed by atoms with van der Waals surface area (Å²) in [4.78, 5) is 14.0. The van der Waals surface area contributed by atoms with E-state index < -0.39 is 39.4 Å². The highest BCUT2D eigenvalue weighted by Gasteiger charge is 2.61. The summed E-state index contributed by atoms with van der Waals surface area (Å²) in [5, 5.41) is -0.626. The molecule has 0 saturated heterocycles. The quantitative estimate of drug-likeness (QED) is 0.684. The number of ketones is 1. The molecule has 118 valence electrons. The third-order valence-corrected chi connectivity index (χ3v) is 3.47. The van der Waals surface area contributed by atoms with Crippen LogP contribution in [0, 0.1) is 5.82 Å². The molecule has 0 saturated carbocycles. The average molecular weight is 340 g/mol. The fourth-order valence-corrected chi connectivity index (χ4v) is 2.43. The Labute approximate surface area is 123 Å². The van der Waals surface area contributed by atoms with E-state index in [1.54, 1.807) is 0 Å². The van der Waals surface area contributed by atoms with Crippen LogP contribution in [0.5, 0.6) is 0 Å². The third-order valence-electron chi connectivity index (χ3n) is 2.59. The molecule has 1 aromatic carbocycles. The number of nitrogens with zero attached hydrogens (tertiary/aromatic N) is 1. The number of nitrogens with two attached hydrogens (primary N) is 1. The van der Waals surface area contributed by atoms with Crippen molar-refractivity contribution >= 4 is 22.3 Å². The largest absolute Gasteiger partial charge is 0.459 e. The van der Waals surface area contributed by atoms with Crippen molar-refractivity contribution in [2.24, 2.45) is 0 Å². The van der Waals surface area contributed by atoms with Gasteiger partial charge in [0.25, 0.3) is 0 Å². The minimum Gasteiger partial charge on any atom is -0.375 e. The second-order valence-electron chi connectivity index (χ2n) is 4.14. The van der Waals surface area contributed by atoms with Crippen LogP contribution in [0.1, 0.15) is 20.9 Å². The molecule has 10 heteroatoms. The van der Waals surface area contributed by atoms with Gasteiger partial charge in [0.15, 0.2) is 5.13 Å². The molecular weight excluding hydrogens is 334 g/mol. The van der Waals surface area contributed by atoms with Gasteiger partial charge in [-0.3, -0.25) is 4.79 Å². The highest BCUT2D eigenvalue weighted by Crippen LogP contribution is 2.46. The molecule has 0 aliphatic carbocycles. The number of hydrogen-bond acceptors (Lipinski definition) is 4. The number of benzene rings is 1. The van der Waals surface area contributed by atoms with Crippen LogP contribution >= 0.6 is 11.3 Å². The van der Waals surface area contributed by atoms with Crippen molar-refractivity contribution in [2.75, 3.05) is 5.73 Å². The van der Waals surface area contributed by atoms with Gasteiger partial charge in [0.1, 0.15) is 16.4 Å². The van der Waals surface area contributed by atoms with Gasteiger partial charge in [-0.15, -0.1) is 0 Å². The highest BCUT2D eigenvalue weighted by molar-refractivity contribution is 7.17. The fraction of sp³-hybridized carbons (Fsp3) is 0.167. The van der Waals surface area contributed by atoms with Crippen LogP contribution in [0.3, 0.4) is 0 Å². The van der Waals surface area contributed by atoms with Gasteiger partial charge < -0.3 is 5.73 Å². The maximum absolute atomic E-state index is 13.4. The summed E-state index contributed by atoms with van der Waals surface area (Å²) < 4.78 is 77.2. The van der Waals surface area contributed by atoms with Crippen molar-refractivity contribution in [1.82, 2.24) is 4.98 Å². The Morgan fingerprint density at radius 1 is 1.18 bits per heavy atom. The lowest BCUT2D eigenvalue weighted by Gasteiger charge is -2.18. The fourth-order valence-electron chi connectivity index (χ4n) is 1.60. The zero-order chi connectivity index (χ0) is 16.7. The predicted octanol–water partition coefficient (Wildman–Crippen LogP) is 3.75. The van der Waals surface area contributed by atoms with E-state index in [0.29, 0.717) is 6.07 Å². The van der Waals surface area contributed by atoms with E-state index in [1.165, 1.54) is 0 Å². The Hall–Kier alpha value is -2.10. The van der Waals surface area contributed by atoms with Crippen molar-refractivity contribution in [3.05, 3.63) is 46.2 Å². The van der Waals surface area contributed by atoms with Crippen LogP contribution in [-0.4, -0.2) is 16.9 Å². The molecule has 0 atom stereocenters. The first-order chi connectivity index (χ1) is 10.0. The predicted molar refractivity (Wildman–Crippen MR) is 66.3 cm³/mol. The Morgan fingerprint density at radius 3 is 2.36 bits per heavy atom. The van der Waals surface area contributed by atoms with Gasteiger partial charge in [-0.1, -0.05) is 23.5 Å². The summed E-state index contributed by atoms with van der Waals surface area (Å²) in [6, 6.07) is 3.90. The summed E-state index contributed by atoms with van der Waals surface area (Å²) in [6.45, 7) is 0. The summed E-state index contributed by atoms with van der Waals surface area (Å²) in [7, 11) is 0. The molecule has 2 N–H and O–H groups in total. The lowest BCUT2D eigenvalue weighted by atomic mass is 10.1. The normalized spacial score (nSPS) is 12.5. The molecule has 0 bridgehead atoms.